The third-order valence-corrected chi connectivity index (χ3v) is 4.38. The lowest BCUT2D eigenvalue weighted by molar-refractivity contribution is 0.295. The SMILES string of the molecule is CCCCC/C=C/CCCCCCCCCN(CC)CC. The van der Waals surface area contributed by atoms with E-state index in [9.17, 15) is 0 Å². The van der Waals surface area contributed by atoms with E-state index in [4.69, 9.17) is 0 Å². The Morgan fingerprint density at radius 1 is 0.571 bits per heavy atom. The maximum Gasteiger partial charge on any atom is -0.00190 e. The van der Waals surface area contributed by atoms with Crippen molar-refractivity contribution in [1.29, 1.82) is 0 Å². The highest BCUT2D eigenvalue weighted by molar-refractivity contribution is 4.81. The van der Waals surface area contributed by atoms with Crippen molar-refractivity contribution in [2.45, 2.75) is 97.8 Å². The summed E-state index contributed by atoms with van der Waals surface area (Å²) in [5, 5.41) is 0. The van der Waals surface area contributed by atoms with Gasteiger partial charge in [0.2, 0.25) is 0 Å². The Morgan fingerprint density at radius 2 is 1.05 bits per heavy atom. The zero-order chi connectivity index (χ0) is 15.6. The summed E-state index contributed by atoms with van der Waals surface area (Å²) in [5.41, 5.74) is 0. The smallest absolute Gasteiger partial charge is 0.00190 e. The topological polar surface area (TPSA) is 3.24 Å². The molecule has 0 N–H and O–H groups in total. The molecule has 0 saturated carbocycles. The monoisotopic (exact) mass is 295 g/mol. The molecule has 0 unspecified atom stereocenters. The van der Waals surface area contributed by atoms with E-state index in [0.29, 0.717) is 0 Å². The van der Waals surface area contributed by atoms with E-state index in [1.165, 1.54) is 96.7 Å². The van der Waals surface area contributed by atoms with Crippen molar-refractivity contribution >= 4 is 0 Å². The van der Waals surface area contributed by atoms with Gasteiger partial charge in [0.25, 0.3) is 0 Å². The zero-order valence-corrected chi connectivity index (χ0v) is 15.2. The van der Waals surface area contributed by atoms with Crippen molar-refractivity contribution in [3.63, 3.8) is 0 Å². The van der Waals surface area contributed by atoms with Crippen LogP contribution in [-0.4, -0.2) is 24.5 Å². The lowest BCUT2D eigenvalue weighted by Gasteiger charge is -2.17. The predicted octanol–water partition coefficient (Wildman–Crippen LogP) is 6.59. The molecule has 0 bridgehead atoms. The average molecular weight is 296 g/mol. The summed E-state index contributed by atoms with van der Waals surface area (Å²) in [6.07, 6.45) is 21.4. The van der Waals surface area contributed by atoms with Crippen LogP contribution in [0.15, 0.2) is 12.2 Å². The first-order valence-electron chi connectivity index (χ1n) is 9.72. The molecule has 0 saturated heterocycles. The third kappa shape index (κ3) is 15.9. The van der Waals surface area contributed by atoms with Gasteiger partial charge in [0.1, 0.15) is 0 Å². The summed E-state index contributed by atoms with van der Waals surface area (Å²) in [4.78, 5) is 2.53. The first kappa shape index (κ1) is 20.7. The van der Waals surface area contributed by atoms with Crippen LogP contribution in [0.5, 0.6) is 0 Å². The number of hydrogen-bond donors (Lipinski definition) is 0. The minimum absolute atomic E-state index is 1.21. The molecular formula is C20H41N. The molecule has 0 spiro atoms. The summed E-state index contributed by atoms with van der Waals surface area (Å²) in [5.74, 6) is 0. The second-order valence-electron chi connectivity index (χ2n) is 6.26. The van der Waals surface area contributed by atoms with Gasteiger partial charge in [0.15, 0.2) is 0 Å². The summed E-state index contributed by atoms with van der Waals surface area (Å²) >= 11 is 0. The maximum atomic E-state index is 2.53. The largest absolute Gasteiger partial charge is 0.304 e. The van der Waals surface area contributed by atoms with E-state index in [1.807, 2.05) is 0 Å². The molecule has 0 rings (SSSR count). The molecular weight excluding hydrogens is 254 g/mol. The second kappa shape index (κ2) is 17.8. The maximum absolute atomic E-state index is 2.53. The Kier molecular flexibility index (Phi) is 17.5. The van der Waals surface area contributed by atoms with Crippen LogP contribution in [0, 0.1) is 0 Å². The molecule has 0 aromatic carbocycles. The van der Waals surface area contributed by atoms with Crippen LogP contribution in [0.1, 0.15) is 97.8 Å². The molecule has 0 atom stereocenters. The van der Waals surface area contributed by atoms with Crippen molar-refractivity contribution in [1.82, 2.24) is 4.90 Å². The van der Waals surface area contributed by atoms with E-state index < -0.39 is 0 Å². The van der Waals surface area contributed by atoms with Gasteiger partial charge in [-0.2, -0.15) is 0 Å². The van der Waals surface area contributed by atoms with Crippen LogP contribution in [0.4, 0.5) is 0 Å². The summed E-state index contributed by atoms with van der Waals surface area (Å²) in [6, 6.07) is 0. The molecule has 0 radical (unpaired) electrons. The number of rotatable bonds is 16. The van der Waals surface area contributed by atoms with Gasteiger partial charge in [-0.1, -0.05) is 77.9 Å². The Labute approximate surface area is 135 Å². The zero-order valence-electron chi connectivity index (χ0n) is 15.2. The van der Waals surface area contributed by atoms with Crippen molar-refractivity contribution in [3.8, 4) is 0 Å². The Hall–Kier alpha value is -0.300. The predicted molar refractivity (Wildman–Crippen MR) is 98.0 cm³/mol. The van der Waals surface area contributed by atoms with Gasteiger partial charge >= 0.3 is 0 Å². The fraction of sp³-hybridized carbons (Fsp3) is 0.900. The van der Waals surface area contributed by atoms with Gasteiger partial charge in [-0.15, -0.1) is 0 Å². The number of hydrogen-bond acceptors (Lipinski definition) is 1. The van der Waals surface area contributed by atoms with E-state index in [-0.39, 0.29) is 0 Å². The van der Waals surface area contributed by atoms with Crippen LogP contribution >= 0.6 is 0 Å². The van der Waals surface area contributed by atoms with Gasteiger partial charge in [0.05, 0.1) is 0 Å². The Balaban J connectivity index is 3.12. The minimum Gasteiger partial charge on any atom is -0.304 e. The van der Waals surface area contributed by atoms with Crippen molar-refractivity contribution < 1.29 is 0 Å². The highest BCUT2D eigenvalue weighted by Gasteiger charge is 1.97. The molecule has 0 aromatic heterocycles. The van der Waals surface area contributed by atoms with Crippen LogP contribution in [0.25, 0.3) is 0 Å². The average Bonchev–Trinajstić information content (AvgIpc) is 2.51. The lowest BCUT2D eigenvalue weighted by atomic mass is 10.1. The number of unbranched alkanes of at least 4 members (excludes halogenated alkanes) is 10. The molecule has 1 nitrogen and oxygen atoms in total. The van der Waals surface area contributed by atoms with Gasteiger partial charge in [-0.05, 0) is 51.7 Å². The summed E-state index contributed by atoms with van der Waals surface area (Å²) < 4.78 is 0. The van der Waals surface area contributed by atoms with E-state index in [1.54, 1.807) is 0 Å². The van der Waals surface area contributed by atoms with E-state index in [0.717, 1.165) is 0 Å². The lowest BCUT2D eigenvalue weighted by Crippen LogP contribution is -2.23. The number of allylic oxidation sites excluding steroid dienone is 2. The van der Waals surface area contributed by atoms with Gasteiger partial charge in [0, 0.05) is 0 Å². The van der Waals surface area contributed by atoms with Crippen molar-refractivity contribution in [3.05, 3.63) is 12.2 Å². The molecule has 0 aliphatic heterocycles. The Morgan fingerprint density at radius 3 is 1.57 bits per heavy atom. The van der Waals surface area contributed by atoms with Crippen molar-refractivity contribution in [2.75, 3.05) is 19.6 Å². The molecule has 0 amide bonds. The first-order chi connectivity index (χ1) is 10.3. The highest BCUT2D eigenvalue weighted by atomic mass is 15.1. The standard InChI is InChI=1S/C20H41N/c1-4-7-8-9-10-11-12-13-14-15-16-17-18-19-20-21(5-2)6-3/h10-11H,4-9,12-20H2,1-3H3/b11-10+. The molecule has 21 heavy (non-hydrogen) atoms. The molecule has 0 heterocycles. The quantitative estimate of drug-likeness (QED) is 0.229. The summed E-state index contributed by atoms with van der Waals surface area (Å²) in [7, 11) is 0. The van der Waals surface area contributed by atoms with Crippen molar-refractivity contribution in [2.24, 2.45) is 0 Å². The molecule has 0 fully saturated rings. The van der Waals surface area contributed by atoms with Crippen LogP contribution in [0.3, 0.4) is 0 Å². The van der Waals surface area contributed by atoms with E-state index >= 15 is 0 Å². The summed E-state index contributed by atoms with van der Waals surface area (Å²) in [6.45, 7) is 10.5. The molecule has 0 aliphatic rings. The fourth-order valence-corrected chi connectivity index (χ4v) is 2.77. The van der Waals surface area contributed by atoms with Crippen LogP contribution in [0.2, 0.25) is 0 Å². The highest BCUT2D eigenvalue weighted by Crippen LogP contribution is 2.10. The van der Waals surface area contributed by atoms with Gasteiger partial charge < -0.3 is 4.90 Å². The Bertz CT molecular complexity index is 206. The minimum atomic E-state index is 1.21. The number of nitrogens with zero attached hydrogens (tertiary/aromatic N) is 1. The second-order valence-corrected chi connectivity index (χ2v) is 6.26. The third-order valence-electron chi connectivity index (χ3n) is 4.38. The van der Waals surface area contributed by atoms with E-state index in [2.05, 4.69) is 37.8 Å². The van der Waals surface area contributed by atoms with Gasteiger partial charge in [-0.3, -0.25) is 0 Å². The molecule has 126 valence electrons. The van der Waals surface area contributed by atoms with Crippen LogP contribution < -0.4 is 0 Å². The molecule has 0 aromatic rings. The fourth-order valence-electron chi connectivity index (χ4n) is 2.77. The first-order valence-corrected chi connectivity index (χ1v) is 9.72. The molecule has 1 heteroatoms. The van der Waals surface area contributed by atoms with Crippen LogP contribution in [-0.2, 0) is 0 Å². The molecule has 0 aliphatic carbocycles. The van der Waals surface area contributed by atoms with Gasteiger partial charge in [-0.25, -0.2) is 0 Å². The normalized spacial score (nSPS) is 11.8.